The predicted molar refractivity (Wildman–Crippen MR) is 93.7 cm³/mol. The summed E-state index contributed by atoms with van der Waals surface area (Å²) >= 11 is 0. The van der Waals surface area contributed by atoms with Crippen molar-refractivity contribution in [3.8, 4) is 0 Å². The highest BCUT2D eigenvalue weighted by Crippen LogP contribution is 2.36. The summed E-state index contributed by atoms with van der Waals surface area (Å²) in [5.74, 6) is -0.238. The second-order valence-corrected chi connectivity index (χ2v) is 12.0. The first-order chi connectivity index (χ1) is 10.2. The molecule has 0 saturated carbocycles. The van der Waals surface area contributed by atoms with Gasteiger partial charge >= 0.3 is 5.97 Å². The lowest BCUT2D eigenvalue weighted by atomic mass is 10.2. The van der Waals surface area contributed by atoms with Gasteiger partial charge in [-0.15, -0.1) is 0 Å². The number of hydrogen-bond acceptors (Lipinski definition) is 3. The molecule has 0 radical (unpaired) electrons. The van der Waals surface area contributed by atoms with Crippen LogP contribution in [0.15, 0.2) is 30.3 Å². The van der Waals surface area contributed by atoms with E-state index in [0.717, 1.165) is 25.9 Å². The number of hydrogen-bond donors (Lipinski definition) is 0. The monoisotopic (exact) mass is 322 g/mol. The van der Waals surface area contributed by atoms with Crippen molar-refractivity contribution >= 4 is 14.3 Å². The van der Waals surface area contributed by atoms with Gasteiger partial charge in [-0.2, -0.15) is 0 Å². The number of ether oxygens (including phenoxy) is 1. The SMILES string of the molecule is CC(C)(C)[Si](C)(C)OCCCCCOC(=O)c1ccccc1. The topological polar surface area (TPSA) is 35.5 Å². The van der Waals surface area contributed by atoms with Gasteiger partial charge in [0.2, 0.25) is 0 Å². The van der Waals surface area contributed by atoms with Crippen molar-refractivity contribution in [3.05, 3.63) is 35.9 Å². The summed E-state index contributed by atoms with van der Waals surface area (Å²) in [6, 6.07) is 9.12. The Morgan fingerprint density at radius 3 is 2.18 bits per heavy atom. The molecular formula is C18H30O3Si. The maximum absolute atomic E-state index is 11.7. The van der Waals surface area contributed by atoms with Gasteiger partial charge in [-0.3, -0.25) is 0 Å². The smallest absolute Gasteiger partial charge is 0.338 e. The Balaban J connectivity index is 2.11. The summed E-state index contributed by atoms with van der Waals surface area (Å²) in [6.07, 6.45) is 2.94. The van der Waals surface area contributed by atoms with Crippen LogP contribution in [0.5, 0.6) is 0 Å². The van der Waals surface area contributed by atoms with Gasteiger partial charge in [0.25, 0.3) is 0 Å². The minimum absolute atomic E-state index is 0.238. The molecule has 22 heavy (non-hydrogen) atoms. The summed E-state index contributed by atoms with van der Waals surface area (Å²) in [6.45, 7) is 12.6. The van der Waals surface area contributed by atoms with Crippen LogP contribution in [0.25, 0.3) is 0 Å². The molecule has 0 aliphatic heterocycles. The van der Waals surface area contributed by atoms with E-state index >= 15 is 0 Å². The first kappa shape index (κ1) is 18.9. The van der Waals surface area contributed by atoms with Crippen LogP contribution in [0.2, 0.25) is 18.1 Å². The van der Waals surface area contributed by atoms with Crippen molar-refractivity contribution < 1.29 is 14.0 Å². The molecule has 0 aromatic heterocycles. The predicted octanol–water partition coefficient (Wildman–Crippen LogP) is 5.04. The van der Waals surface area contributed by atoms with Crippen molar-refractivity contribution in [2.24, 2.45) is 0 Å². The third-order valence-electron chi connectivity index (χ3n) is 4.30. The van der Waals surface area contributed by atoms with Crippen molar-refractivity contribution in [3.63, 3.8) is 0 Å². The molecule has 0 fully saturated rings. The van der Waals surface area contributed by atoms with E-state index in [1.54, 1.807) is 12.1 Å². The lowest BCUT2D eigenvalue weighted by Crippen LogP contribution is -2.40. The first-order valence-electron chi connectivity index (χ1n) is 8.10. The fourth-order valence-corrected chi connectivity index (χ4v) is 2.83. The highest BCUT2D eigenvalue weighted by molar-refractivity contribution is 6.74. The lowest BCUT2D eigenvalue weighted by molar-refractivity contribution is 0.0497. The van der Waals surface area contributed by atoms with Crippen LogP contribution in [-0.4, -0.2) is 27.5 Å². The Kier molecular flexibility index (Phi) is 7.30. The molecule has 0 amide bonds. The van der Waals surface area contributed by atoms with Gasteiger partial charge in [0, 0.05) is 6.61 Å². The Bertz CT molecular complexity index is 449. The van der Waals surface area contributed by atoms with E-state index in [0.29, 0.717) is 12.2 Å². The Labute approximate surface area is 136 Å². The maximum Gasteiger partial charge on any atom is 0.338 e. The quantitative estimate of drug-likeness (QED) is 0.382. The molecule has 1 aromatic rings. The van der Waals surface area contributed by atoms with E-state index in [1.165, 1.54) is 0 Å². The Morgan fingerprint density at radius 1 is 1.00 bits per heavy atom. The summed E-state index contributed by atoms with van der Waals surface area (Å²) in [5, 5.41) is 0.262. The average Bonchev–Trinajstić information content (AvgIpc) is 2.45. The van der Waals surface area contributed by atoms with Crippen molar-refractivity contribution in [1.82, 2.24) is 0 Å². The molecule has 3 nitrogen and oxygen atoms in total. The third kappa shape index (κ3) is 6.32. The number of carbonyl (C=O) groups is 1. The molecule has 0 aliphatic carbocycles. The molecular weight excluding hydrogens is 292 g/mol. The number of benzene rings is 1. The van der Waals surface area contributed by atoms with Crippen molar-refractivity contribution in [1.29, 1.82) is 0 Å². The zero-order valence-corrected chi connectivity index (χ0v) is 15.6. The largest absolute Gasteiger partial charge is 0.462 e. The summed E-state index contributed by atoms with van der Waals surface area (Å²) in [7, 11) is -1.62. The number of unbranched alkanes of at least 4 members (excludes halogenated alkanes) is 2. The van der Waals surface area contributed by atoms with Crippen molar-refractivity contribution in [2.75, 3.05) is 13.2 Å². The van der Waals surface area contributed by atoms with E-state index in [-0.39, 0.29) is 11.0 Å². The van der Waals surface area contributed by atoms with E-state index in [2.05, 4.69) is 33.9 Å². The van der Waals surface area contributed by atoms with Crippen LogP contribution in [0.4, 0.5) is 0 Å². The van der Waals surface area contributed by atoms with Gasteiger partial charge < -0.3 is 9.16 Å². The molecule has 0 heterocycles. The molecule has 1 rings (SSSR count). The van der Waals surface area contributed by atoms with Gasteiger partial charge in [0.05, 0.1) is 12.2 Å². The van der Waals surface area contributed by atoms with E-state index in [9.17, 15) is 4.79 Å². The molecule has 0 aliphatic rings. The molecule has 0 atom stereocenters. The van der Waals surface area contributed by atoms with Crippen molar-refractivity contribution in [2.45, 2.75) is 58.2 Å². The standard InChI is InChI=1S/C18H30O3Si/c1-18(2,3)22(4,5)21-15-11-7-10-14-20-17(19)16-12-8-6-9-13-16/h6,8-9,12-13H,7,10-11,14-15H2,1-5H3. The average molecular weight is 323 g/mol. The molecule has 0 N–H and O–H groups in total. The number of esters is 1. The van der Waals surface area contributed by atoms with Crippen LogP contribution in [0.1, 0.15) is 50.4 Å². The minimum Gasteiger partial charge on any atom is -0.462 e. The Morgan fingerprint density at radius 2 is 1.59 bits per heavy atom. The zero-order chi connectivity index (χ0) is 16.6. The van der Waals surface area contributed by atoms with Crippen LogP contribution >= 0.6 is 0 Å². The highest BCUT2D eigenvalue weighted by Gasteiger charge is 2.36. The maximum atomic E-state index is 11.7. The molecule has 1 aromatic carbocycles. The second kappa shape index (κ2) is 8.49. The minimum atomic E-state index is -1.62. The van der Waals surface area contributed by atoms with Gasteiger partial charge in [-0.05, 0) is 49.5 Å². The molecule has 0 unspecified atom stereocenters. The number of carbonyl (C=O) groups excluding carboxylic acids is 1. The Hall–Kier alpha value is -1.13. The first-order valence-corrected chi connectivity index (χ1v) is 11.0. The third-order valence-corrected chi connectivity index (χ3v) is 8.84. The fraction of sp³-hybridized carbons (Fsp3) is 0.611. The van der Waals surface area contributed by atoms with Gasteiger partial charge in [0.1, 0.15) is 0 Å². The van der Waals surface area contributed by atoms with E-state index in [1.807, 2.05) is 18.2 Å². The van der Waals surface area contributed by atoms with Crippen LogP contribution in [0, 0.1) is 0 Å². The molecule has 124 valence electrons. The normalized spacial score (nSPS) is 12.2. The van der Waals surface area contributed by atoms with Crippen LogP contribution < -0.4 is 0 Å². The van der Waals surface area contributed by atoms with Gasteiger partial charge in [-0.25, -0.2) is 4.79 Å². The summed E-state index contributed by atoms with van der Waals surface area (Å²) < 4.78 is 11.4. The van der Waals surface area contributed by atoms with Gasteiger partial charge in [-0.1, -0.05) is 39.0 Å². The van der Waals surface area contributed by atoms with E-state index < -0.39 is 8.32 Å². The highest BCUT2D eigenvalue weighted by atomic mass is 28.4. The molecule has 4 heteroatoms. The second-order valence-electron chi connectivity index (χ2n) is 7.17. The van der Waals surface area contributed by atoms with E-state index in [4.69, 9.17) is 9.16 Å². The molecule has 0 spiro atoms. The lowest BCUT2D eigenvalue weighted by Gasteiger charge is -2.36. The molecule has 0 bridgehead atoms. The summed E-state index contributed by atoms with van der Waals surface area (Å²) in [4.78, 5) is 11.7. The number of rotatable bonds is 8. The van der Waals surface area contributed by atoms with Gasteiger partial charge in [0.15, 0.2) is 8.32 Å². The zero-order valence-electron chi connectivity index (χ0n) is 14.6. The van der Waals surface area contributed by atoms with Crippen LogP contribution in [0.3, 0.4) is 0 Å². The fourth-order valence-electron chi connectivity index (χ4n) is 1.75. The van der Waals surface area contributed by atoms with Crippen LogP contribution in [-0.2, 0) is 9.16 Å². The molecule has 0 saturated heterocycles. The summed E-state index contributed by atoms with van der Waals surface area (Å²) in [5.41, 5.74) is 0.615.